The lowest BCUT2D eigenvalue weighted by Gasteiger charge is -2.11. The summed E-state index contributed by atoms with van der Waals surface area (Å²) in [6.07, 6.45) is 1.85. The van der Waals surface area contributed by atoms with Gasteiger partial charge in [-0.15, -0.1) is 0 Å². The number of benzene rings is 2. The van der Waals surface area contributed by atoms with E-state index in [0.717, 1.165) is 34.1 Å². The number of fused-ring (bicyclic) bond motifs is 1. The first-order valence-corrected chi connectivity index (χ1v) is 10.4. The number of halogens is 1. The van der Waals surface area contributed by atoms with Gasteiger partial charge in [0.05, 0.1) is 0 Å². The van der Waals surface area contributed by atoms with Crippen molar-refractivity contribution < 1.29 is 14.0 Å². The molecule has 30 heavy (non-hydrogen) atoms. The molecule has 0 fully saturated rings. The molecule has 0 bridgehead atoms. The Balaban J connectivity index is 1.66. The van der Waals surface area contributed by atoms with Crippen LogP contribution in [-0.4, -0.2) is 29.4 Å². The van der Waals surface area contributed by atoms with Gasteiger partial charge < -0.3 is 15.6 Å². The summed E-state index contributed by atoms with van der Waals surface area (Å²) < 4.78 is 13.9. The number of hydrogen-bond donors (Lipinski definition) is 3. The van der Waals surface area contributed by atoms with Crippen LogP contribution in [0, 0.1) is 5.82 Å². The maximum absolute atomic E-state index is 13.9. The van der Waals surface area contributed by atoms with Crippen molar-refractivity contribution in [3.63, 3.8) is 0 Å². The molecule has 0 saturated carbocycles. The Morgan fingerprint density at radius 3 is 2.57 bits per heavy atom. The van der Waals surface area contributed by atoms with Gasteiger partial charge in [-0.05, 0) is 49.1 Å². The largest absolute Gasteiger partial charge is 0.356 e. The molecule has 3 rings (SSSR count). The quantitative estimate of drug-likeness (QED) is 0.492. The van der Waals surface area contributed by atoms with Gasteiger partial charge in [0.25, 0.3) is 0 Å². The van der Waals surface area contributed by atoms with Gasteiger partial charge in [0.15, 0.2) is 0 Å². The van der Waals surface area contributed by atoms with Gasteiger partial charge in [-0.1, -0.05) is 37.3 Å². The number of hydrogen-bond acceptors (Lipinski definition) is 2. The van der Waals surface area contributed by atoms with Gasteiger partial charge in [-0.2, -0.15) is 0 Å². The third-order valence-electron chi connectivity index (χ3n) is 5.23. The second-order valence-corrected chi connectivity index (χ2v) is 7.51. The molecule has 3 N–H and O–H groups in total. The molecule has 2 amide bonds. The van der Waals surface area contributed by atoms with Crippen LogP contribution in [0.2, 0.25) is 0 Å². The van der Waals surface area contributed by atoms with Crippen LogP contribution in [0.4, 0.5) is 4.39 Å². The average molecular weight is 410 g/mol. The summed E-state index contributed by atoms with van der Waals surface area (Å²) >= 11 is 0. The highest BCUT2D eigenvalue weighted by atomic mass is 19.1. The van der Waals surface area contributed by atoms with Crippen LogP contribution in [0.3, 0.4) is 0 Å². The summed E-state index contributed by atoms with van der Waals surface area (Å²) in [5.41, 5.74) is 3.65. The van der Waals surface area contributed by atoms with Crippen molar-refractivity contribution in [2.24, 2.45) is 0 Å². The van der Waals surface area contributed by atoms with E-state index in [9.17, 15) is 14.0 Å². The molecule has 1 unspecified atom stereocenters. The molecule has 0 radical (unpaired) electrons. The zero-order valence-corrected chi connectivity index (χ0v) is 17.4. The van der Waals surface area contributed by atoms with Gasteiger partial charge in [-0.25, -0.2) is 4.39 Å². The minimum atomic E-state index is -0.306. The molecular formula is C24H28FN3O2. The number of rotatable bonds is 9. The summed E-state index contributed by atoms with van der Waals surface area (Å²) in [7, 11) is 0. The normalized spacial score (nSPS) is 12.0. The summed E-state index contributed by atoms with van der Waals surface area (Å²) in [6.45, 7) is 4.26. The van der Waals surface area contributed by atoms with Crippen LogP contribution in [0.15, 0.2) is 48.5 Å². The van der Waals surface area contributed by atoms with Crippen molar-refractivity contribution >= 4 is 22.7 Å². The van der Waals surface area contributed by atoms with Gasteiger partial charge in [0, 0.05) is 42.0 Å². The highest BCUT2D eigenvalue weighted by Crippen LogP contribution is 2.31. The molecule has 3 aromatic rings. The maximum Gasteiger partial charge on any atom is 0.221 e. The molecule has 5 nitrogen and oxygen atoms in total. The zero-order chi connectivity index (χ0) is 21.5. The molecule has 0 aliphatic rings. The molecule has 0 aliphatic heterocycles. The summed E-state index contributed by atoms with van der Waals surface area (Å²) in [5, 5.41) is 6.47. The van der Waals surface area contributed by atoms with E-state index in [1.807, 2.05) is 44.2 Å². The number of H-pyrrole nitrogens is 1. The van der Waals surface area contributed by atoms with Crippen molar-refractivity contribution in [1.29, 1.82) is 0 Å². The lowest BCUT2D eigenvalue weighted by atomic mass is 10.0. The second-order valence-electron chi connectivity index (χ2n) is 7.51. The molecule has 1 aromatic heterocycles. The van der Waals surface area contributed by atoms with Crippen LogP contribution in [-0.2, 0) is 16.0 Å². The van der Waals surface area contributed by atoms with Gasteiger partial charge in [-0.3, -0.25) is 9.59 Å². The first kappa shape index (κ1) is 21.6. The Kier molecular flexibility index (Phi) is 7.22. The van der Waals surface area contributed by atoms with Gasteiger partial charge in [0.2, 0.25) is 11.8 Å². The Morgan fingerprint density at radius 1 is 1.07 bits per heavy atom. The Bertz CT molecular complexity index is 1010. The van der Waals surface area contributed by atoms with E-state index in [1.54, 1.807) is 6.07 Å². The zero-order valence-electron chi connectivity index (χ0n) is 17.4. The van der Waals surface area contributed by atoms with Gasteiger partial charge in [0.1, 0.15) is 5.82 Å². The number of aromatic nitrogens is 1. The first-order valence-electron chi connectivity index (χ1n) is 10.4. The molecular weight excluding hydrogens is 381 g/mol. The Morgan fingerprint density at radius 2 is 1.83 bits per heavy atom. The predicted molar refractivity (Wildman–Crippen MR) is 118 cm³/mol. The van der Waals surface area contributed by atoms with E-state index in [0.29, 0.717) is 13.0 Å². The smallest absolute Gasteiger partial charge is 0.221 e. The van der Waals surface area contributed by atoms with Gasteiger partial charge >= 0.3 is 0 Å². The SMILES string of the molecule is CCC(C)NC(=O)CCNC(=O)CCc1c(-c2ccccc2)[nH]c2ccc(F)cc12. The minimum Gasteiger partial charge on any atom is -0.356 e. The van der Waals surface area contributed by atoms with Crippen LogP contribution in [0.25, 0.3) is 22.2 Å². The number of nitrogens with one attached hydrogen (secondary N) is 3. The van der Waals surface area contributed by atoms with Crippen molar-refractivity contribution in [2.45, 2.75) is 45.6 Å². The molecule has 0 aliphatic carbocycles. The summed E-state index contributed by atoms with van der Waals surface area (Å²) in [5.74, 6) is -0.502. The van der Waals surface area contributed by atoms with E-state index >= 15 is 0 Å². The number of amides is 2. The second kappa shape index (κ2) is 10.1. The standard InChI is InChI=1S/C24H28FN3O2/c1-3-16(2)27-23(30)13-14-26-22(29)12-10-19-20-15-18(25)9-11-21(20)28-24(19)17-7-5-4-6-8-17/h4-9,11,15-16,28H,3,10,12-14H2,1-2H3,(H,26,29)(H,27,30). The lowest BCUT2D eigenvalue weighted by molar-refractivity contribution is -0.122. The third kappa shape index (κ3) is 5.47. The average Bonchev–Trinajstić information content (AvgIpc) is 3.10. The van der Waals surface area contributed by atoms with Crippen LogP contribution < -0.4 is 10.6 Å². The summed E-state index contributed by atoms with van der Waals surface area (Å²) in [4.78, 5) is 27.5. The van der Waals surface area contributed by atoms with E-state index in [2.05, 4.69) is 15.6 Å². The summed E-state index contributed by atoms with van der Waals surface area (Å²) in [6, 6.07) is 14.6. The number of carbonyl (C=O) groups is 2. The molecule has 2 aromatic carbocycles. The third-order valence-corrected chi connectivity index (χ3v) is 5.23. The van der Waals surface area contributed by atoms with Crippen LogP contribution in [0.1, 0.15) is 38.7 Å². The lowest BCUT2D eigenvalue weighted by Crippen LogP contribution is -2.35. The Hall–Kier alpha value is -3.15. The van der Waals surface area contributed by atoms with E-state index in [-0.39, 0.29) is 36.5 Å². The van der Waals surface area contributed by atoms with Crippen molar-refractivity contribution in [1.82, 2.24) is 15.6 Å². The Labute approximate surface area is 176 Å². The minimum absolute atomic E-state index is 0.0666. The molecule has 1 heterocycles. The van der Waals surface area contributed by atoms with Crippen LogP contribution in [0.5, 0.6) is 0 Å². The topological polar surface area (TPSA) is 74.0 Å². The highest BCUT2D eigenvalue weighted by Gasteiger charge is 2.15. The number of aryl methyl sites for hydroxylation is 1. The van der Waals surface area contributed by atoms with Crippen molar-refractivity contribution in [3.05, 3.63) is 59.9 Å². The first-order chi connectivity index (χ1) is 14.5. The fourth-order valence-electron chi connectivity index (χ4n) is 3.42. The van der Waals surface area contributed by atoms with E-state index in [1.165, 1.54) is 12.1 Å². The van der Waals surface area contributed by atoms with E-state index < -0.39 is 0 Å². The fraction of sp³-hybridized carbons (Fsp3) is 0.333. The number of carbonyl (C=O) groups excluding carboxylic acids is 2. The monoisotopic (exact) mass is 409 g/mol. The molecule has 6 heteroatoms. The maximum atomic E-state index is 13.9. The van der Waals surface area contributed by atoms with E-state index in [4.69, 9.17) is 0 Å². The molecule has 1 atom stereocenters. The number of aromatic amines is 1. The highest BCUT2D eigenvalue weighted by molar-refractivity contribution is 5.91. The van der Waals surface area contributed by atoms with Crippen LogP contribution >= 0.6 is 0 Å². The molecule has 0 spiro atoms. The van der Waals surface area contributed by atoms with Crippen molar-refractivity contribution in [2.75, 3.05) is 6.54 Å². The van der Waals surface area contributed by atoms with Crippen molar-refractivity contribution in [3.8, 4) is 11.3 Å². The fourth-order valence-corrected chi connectivity index (χ4v) is 3.42. The predicted octanol–water partition coefficient (Wildman–Crippen LogP) is 4.33. The molecule has 0 saturated heterocycles. The molecule has 158 valence electrons.